The van der Waals surface area contributed by atoms with Gasteiger partial charge in [-0.1, -0.05) is 64.2 Å². The lowest BCUT2D eigenvalue weighted by Crippen LogP contribution is -1.94. The first-order valence-corrected chi connectivity index (χ1v) is 6.87. The van der Waals surface area contributed by atoms with Crippen LogP contribution in [0.5, 0.6) is 0 Å². The molecule has 0 aliphatic rings. The van der Waals surface area contributed by atoms with Gasteiger partial charge in [0, 0.05) is 0 Å². The highest BCUT2D eigenvalue weighted by molar-refractivity contribution is 5.26. The molecule has 0 aliphatic heterocycles. The van der Waals surface area contributed by atoms with Crippen molar-refractivity contribution in [3.05, 3.63) is 35.4 Å². The monoisotopic (exact) mass is 217 g/mol. The zero-order valence-corrected chi connectivity index (χ0v) is 10.9. The molecule has 0 aliphatic carbocycles. The maximum absolute atomic E-state index is 3.41. The summed E-state index contributed by atoms with van der Waals surface area (Å²) in [6.45, 7) is 4.52. The van der Waals surface area contributed by atoms with Crippen LogP contribution in [0, 0.1) is 6.07 Å². The summed E-state index contributed by atoms with van der Waals surface area (Å²) in [7, 11) is 0. The Balaban J connectivity index is 2.34. The third-order valence-electron chi connectivity index (χ3n) is 3.09. The zero-order chi connectivity index (χ0) is 11.6. The maximum atomic E-state index is 3.41. The summed E-state index contributed by atoms with van der Waals surface area (Å²) < 4.78 is 0. The molecule has 0 fully saturated rings. The normalized spacial score (nSPS) is 10.6. The lowest BCUT2D eigenvalue weighted by molar-refractivity contribution is 0.630. The highest BCUT2D eigenvalue weighted by Gasteiger charge is 2.00. The fourth-order valence-corrected chi connectivity index (χ4v) is 2.15. The van der Waals surface area contributed by atoms with Crippen molar-refractivity contribution < 1.29 is 0 Å². The van der Waals surface area contributed by atoms with Gasteiger partial charge in [0.05, 0.1) is 0 Å². The number of hydrogen-bond acceptors (Lipinski definition) is 0. The van der Waals surface area contributed by atoms with E-state index in [-0.39, 0.29) is 0 Å². The minimum Gasteiger partial charge on any atom is -0.0654 e. The Labute approximate surface area is 101 Å². The SMILES string of the molecule is CCCCCCCc1[c]cccc1CCC. The summed E-state index contributed by atoms with van der Waals surface area (Å²) in [5.41, 5.74) is 2.97. The molecule has 0 unspecified atom stereocenters. The molecule has 0 bridgehead atoms. The largest absolute Gasteiger partial charge is 0.0654 e. The molecule has 0 N–H and O–H groups in total. The summed E-state index contributed by atoms with van der Waals surface area (Å²) in [6.07, 6.45) is 10.5. The van der Waals surface area contributed by atoms with E-state index in [0.717, 1.165) is 0 Å². The van der Waals surface area contributed by atoms with E-state index in [4.69, 9.17) is 0 Å². The van der Waals surface area contributed by atoms with Gasteiger partial charge in [0.15, 0.2) is 0 Å². The first kappa shape index (κ1) is 13.3. The number of hydrogen-bond donors (Lipinski definition) is 0. The van der Waals surface area contributed by atoms with Crippen LogP contribution in [-0.2, 0) is 12.8 Å². The fraction of sp³-hybridized carbons (Fsp3) is 0.625. The molecule has 1 radical (unpaired) electrons. The molecular weight excluding hydrogens is 192 g/mol. The molecule has 0 spiro atoms. The van der Waals surface area contributed by atoms with Gasteiger partial charge in [-0.05, 0) is 36.5 Å². The second-order valence-electron chi connectivity index (χ2n) is 4.59. The Bertz CT molecular complexity index is 275. The van der Waals surface area contributed by atoms with Crippen molar-refractivity contribution in [3.8, 4) is 0 Å². The van der Waals surface area contributed by atoms with Gasteiger partial charge in [0.25, 0.3) is 0 Å². The molecule has 89 valence electrons. The van der Waals surface area contributed by atoms with Crippen LogP contribution >= 0.6 is 0 Å². The van der Waals surface area contributed by atoms with Crippen LogP contribution in [-0.4, -0.2) is 0 Å². The fourth-order valence-electron chi connectivity index (χ4n) is 2.15. The van der Waals surface area contributed by atoms with E-state index in [9.17, 15) is 0 Å². The summed E-state index contributed by atoms with van der Waals surface area (Å²) >= 11 is 0. The molecule has 0 amide bonds. The van der Waals surface area contributed by atoms with Crippen molar-refractivity contribution in [2.24, 2.45) is 0 Å². The zero-order valence-electron chi connectivity index (χ0n) is 10.9. The predicted octanol–water partition coefficient (Wildman–Crippen LogP) is 4.95. The molecule has 0 aromatic heterocycles. The van der Waals surface area contributed by atoms with Gasteiger partial charge in [-0.15, -0.1) is 0 Å². The molecule has 0 atom stereocenters. The molecule has 0 nitrogen and oxygen atoms in total. The van der Waals surface area contributed by atoms with Crippen LogP contribution in [0.1, 0.15) is 63.5 Å². The average molecular weight is 217 g/mol. The van der Waals surface area contributed by atoms with Gasteiger partial charge in [-0.25, -0.2) is 0 Å². The topological polar surface area (TPSA) is 0 Å². The van der Waals surface area contributed by atoms with Crippen molar-refractivity contribution in [2.45, 2.75) is 65.2 Å². The standard InChI is InChI=1S/C16H25/c1-3-5-6-7-8-12-16-14-10-9-13-15(16)11-4-2/h9-10,13H,3-8,11-12H2,1-2H3. The lowest BCUT2D eigenvalue weighted by Gasteiger charge is -2.07. The van der Waals surface area contributed by atoms with E-state index >= 15 is 0 Å². The molecule has 0 saturated heterocycles. The summed E-state index contributed by atoms with van der Waals surface area (Å²) in [5, 5.41) is 0. The smallest absolute Gasteiger partial charge is 0.0146 e. The van der Waals surface area contributed by atoms with Crippen molar-refractivity contribution in [1.29, 1.82) is 0 Å². The maximum Gasteiger partial charge on any atom is -0.0146 e. The summed E-state index contributed by atoms with van der Waals surface area (Å²) in [4.78, 5) is 0. The number of unbranched alkanes of at least 4 members (excludes halogenated alkanes) is 4. The summed E-state index contributed by atoms with van der Waals surface area (Å²) in [6, 6.07) is 9.85. The van der Waals surface area contributed by atoms with E-state index < -0.39 is 0 Å². The van der Waals surface area contributed by atoms with E-state index in [1.54, 1.807) is 0 Å². The van der Waals surface area contributed by atoms with Gasteiger partial charge >= 0.3 is 0 Å². The van der Waals surface area contributed by atoms with Crippen LogP contribution in [0.4, 0.5) is 0 Å². The van der Waals surface area contributed by atoms with Crippen LogP contribution in [0.15, 0.2) is 18.2 Å². The van der Waals surface area contributed by atoms with Crippen LogP contribution in [0.2, 0.25) is 0 Å². The number of aryl methyl sites for hydroxylation is 2. The first-order valence-electron chi connectivity index (χ1n) is 6.87. The third kappa shape index (κ3) is 4.83. The van der Waals surface area contributed by atoms with Gasteiger partial charge < -0.3 is 0 Å². The van der Waals surface area contributed by atoms with Gasteiger partial charge in [0.2, 0.25) is 0 Å². The van der Waals surface area contributed by atoms with E-state index in [2.05, 4.69) is 38.1 Å². The molecule has 0 saturated carbocycles. The van der Waals surface area contributed by atoms with Crippen LogP contribution in [0.3, 0.4) is 0 Å². The van der Waals surface area contributed by atoms with E-state index in [1.807, 2.05) is 0 Å². The predicted molar refractivity (Wildman–Crippen MR) is 71.7 cm³/mol. The van der Waals surface area contributed by atoms with Crippen molar-refractivity contribution in [2.75, 3.05) is 0 Å². The first-order chi connectivity index (χ1) is 7.88. The lowest BCUT2D eigenvalue weighted by atomic mass is 9.98. The molecule has 1 aromatic carbocycles. The van der Waals surface area contributed by atoms with Gasteiger partial charge in [-0.2, -0.15) is 0 Å². The van der Waals surface area contributed by atoms with Gasteiger partial charge in [0.1, 0.15) is 0 Å². The molecular formula is C16H25. The number of rotatable bonds is 8. The van der Waals surface area contributed by atoms with Gasteiger partial charge in [-0.3, -0.25) is 0 Å². The molecule has 0 heteroatoms. The Morgan fingerprint density at radius 3 is 2.50 bits per heavy atom. The second kappa shape index (κ2) is 8.38. The van der Waals surface area contributed by atoms with Crippen LogP contribution < -0.4 is 0 Å². The highest BCUT2D eigenvalue weighted by Crippen LogP contribution is 2.14. The Morgan fingerprint density at radius 1 is 0.938 bits per heavy atom. The second-order valence-corrected chi connectivity index (χ2v) is 4.59. The average Bonchev–Trinajstić information content (AvgIpc) is 2.31. The molecule has 1 aromatic rings. The third-order valence-corrected chi connectivity index (χ3v) is 3.09. The minimum atomic E-state index is 1.21. The van der Waals surface area contributed by atoms with Crippen molar-refractivity contribution >= 4 is 0 Å². The summed E-state index contributed by atoms with van der Waals surface area (Å²) in [5.74, 6) is 0. The van der Waals surface area contributed by atoms with Crippen molar-refractivity contribution in [3.63, 3.8) is 0 Å². The van der Waals surface area contributed by atoms with Crippen molar-refractivity contribution in [1.82, 2.24) is 0 Å². The Hall–Kier alpha value is -0.780. The van der Waals surface area contributed by atoms with Crippen LogP contribution in [0.25, 0.3) is 0 Å². The number of benzene rings is 1. The molecule has 1 rings (SSSR count). The highest BCUT2D eigenvalue weighted by atomic mass is 14.1. The quantitative estimate of drug-likeness (QED) is 0.540. The Kier molecular flexibility index (Phi) is 6.96. The van der Waals surface area contributed by atoms with E-state index in [0.29, 0.717) is 0 Å². The van der Waals surface area contributed by atoms with E-state index in [1.165, 1.54) is 62.5 Å². The minimum absolute atomic E-state index is 1.21. The Morgan fingerprint density at radius 2 is 1.75 bits per heavy atom. The molecule has 16 heavy (non-hydrogen) atoms. The molecule has 0 heterocycles.